The largest absolute Gasteiger partial charge is 0.493 e. The Kier molecular flexibility index (Phi) is 8.42. The number of nitrogens with one attached hydrogen (secondary N) is 1. The van der Waals surface area contributed by atoms with Crippen LogP contribution in [0, 0.1) is 18.8 Å². The van der Waals surface area contributed by atoms with Crippen LogP contribution in [0.25, 0.3) is 0 Å². The van der Waals surface area contributed by atoms with Crippen molar-refractivity contribution >= 4 is 11.8 Å². The number of carbonyl (C=O) groups is 2. The summed E-state index contributed by atoms with van der Waals surface area (Å²) in [4.78, 5) is 28.4. The summed E-state index contributed by atoms with van der Waals surface area (Å²) in [6.45, 7) is 7.57. The Labute approximate surface area is 202 Å². The monoisotopic (exact) mass is 468 g/mol. The molecule has 0 aromatic heterocycles. The predicted molar refractivity (Wildman–Crippen MR) is 132 cm³/mol. The zero-order valence-electron chi connectivity index (χ0n) is 21.0. The van der Waals surface area contributed by atoms with E-state index in [4.69, 9.17) is 14.2 Å². The van der Waals surface area contributed by atoms with Crippen LogP contribution >= 0.6 is 0 Å². The van der Waals surface area contributed by atoms with Gasteiger partial charge in [0.15, 0.2) is 11.5 Å². The van der Waals surface area contributed by atoms with Crippen LogP contribution in [0.5, 0.6) is 17.2 Å². The van der Waals surface area contributed by atoms with Crippen LogP contribution in [0.15, 0.2) is 36.4 Å². The first-order valence-corrected chi connectivity index (χ1v) is 11.7. The number of ether oxygens (including phenoxy) is 3. The van der Waals surface area contributed by atoms with Crippen molar-refractivity contribution in [1.82, 2.24) is 10.2 Å². The molecule has 1 N–H and O–H groups in total. The van der Waals surface area contributed by atoms with Gasteiger partial charge in [0.2, 0.25) is 11.7 Å². The van der Waals surface area contributed by atoms with Crippen molar-refractivity contribution in [2.75, 3.05) is 41.0 Å². The molecule has 34 heavy (non-hydrogen) atoms. The Morgan fingerprint density at radius 1 is 1.03 bits per heavy atom. The summed E-state index contributed by atoms with van der Waals surface area (Å²) < 4.78 is 16.5. The fourth-order valence-electron chi connectivity index (χ4n) is 4.49. The second-order valence-corrected chi connectivity index (χ2v) is 9.17. The normalized spacial score (nSPS) is 17.6. The number of nitrogens with zero attached hydrogens (tertiary/aromatic N) is 1. The Bertz CT molecular complexity index is 995. The third-order valence-corrected chi connectivity index (χ3v) is 6.46. The third-order valence-electron chi connectivity index (χ3n) is 6.46. The summed E-state index contributed by atoms with van der Waals surface area (Å²) in [6.07, 6.45) is 0.902. The molecule has 2 atom stereocenters. The molecule has 1 saturated heterocycles. The highest BCUT2D eigenvalue weighted by Crippen LogP contribution is 2.43. The molecule has 2 aromatic rings. The van der Waals surface area contributed by atoms with E-state index in [1.807, 2.05) is 43.3 Å². The summed E-state index contributed by atoms with van der Waals surface area (Å²) in [5.74, 6) is 1.35. The van der Waals surface area contributed by atoms with E-state index in [0.29, 0.717) is 48.4 Å². The zero-order valence-corrected chi connectivity index (χ0v) is 21.0. The van der Waals surface area contributed by atoms with Crippen LogP contribution in [0.3, 0.4) is 0 Å². The summed E-state index contributed by atoms with van der Waals surface area (Å²) in [7, 11) is 4.70. The smallest absolute Gasteiger partial charge is 0.254 e. The minimum absolute atomic E-state index is 0.0421. The number of rotatable bonds is 9. The predicted octanol–water partition coefficient (Wildman–Crippen LogP) is 4.04. The topological polar surface area (TPSA) is 77.1 Å². The van der Waals surface area contributed by atoms with Gasteiger partial charge in [-0.05, 0) is 48.6 Å². The number of aryl methyl sites for hydroxylation is 1. The van der Waals surface area contributed by atoms with Gasteiger partial charge in [-0.1, -0.05) is 32.0 Å². The molecular formula is C27H36N2O5. The van der Waals surface area contributed by atoms with Gasteiger partial charge in [-0.3, -0.25) is 9.59 Å². The maximum absolute atomic E-state index is 13.4. The summed E-state index contributed by atoms with van der Waals surface area (Å²) in [5.41, 5.74) is 2.45. The maximum atomic E-state index is 13.4. The highest BCUT2D eigenvalue weighted by Gasteiger charge is 2.41. The van der Waals surface area contributed by atoms with E-state index in [-0.39, 0.29) is 23.7 Å². The van der Waals surface area contributed by atoms with Crippen molar-refractivity contribution in [3.63, 3.8) is 0 Å². The molecule has 1 aliphatic heterocycles. The standard InChI is InChI=1S/C27H36N2O5/c1-17(2)11-12-28-26(30)22-16-29(27(31)20-10-8-7-9-18(20)3)15-21(22)19-13-23(32-4)25(34-6)24(14-19)33-5/h7-10,13-14,17,21-22H,11-12,15-16H2,1-6H3,(H,28,30). The van der Waals surface area contributed by atoms with Crippen LogP contribution < -0.4 is 19.5 Å². The highest BCUT2D eigenvalue weighted by atomic mass is 16.5. The molecule has 1 aliphatic rings. The van der Waals surface area contributed by atoms with Gasteiger partial charge in [-0.25, -0.2) is 0 Å². The SMILES string of the molecule is COc1cc(C2CN(C(=O)c3ccccc3C)CC2C(=O)NCCC(C)C)cc(OC)c1OC. The molecule has 0 spiro atoms. The van der Waals surface area contributed by atoms with E-state index in [2.05, 4.69) is 19.2 Å². The zero-order chi connectivity index (χ0) is 24.8. The van der Waals surface area contributed by atoms with Gasteiger partial charge in [0.1, 0.15) is 0 Å². The van der Waals surface area contributed by atoms with E-state index >= 15 is 0 Å². The first kappa shape index (κ1) is 25.4. The van der Waals surface area contributed by atoms with Crippen LogP contribution in [-0.4, -0.2) is 57.7 Å². The van der Waals surface area contributed by atoms with Crippen molar-refractivity contribution < 1.29 is 23.8 Å². The summed E-state index contributed by atoms with van der Waals surface area (Å²) in [6, 6.07) is 11.3. The first-order chi connectivity index (χ1) is 16.3. The fraction of sp³-hybridized carbons (Fsp3) is 0.481. The average Bonchev–Trinajstić information content (AvgIpc) is 3.28. The molecule has 0 saturated carbocycles. The second-order valence-electron chi connectivity index (χ2n) is 9.17. The molecule has 7 heteroatoms. The third kappa shape index (κ3) is 5.46. The van der Waals surface area contributed by atoms with E-state index < -0.39 is 0 Å². The van der Waals surface area contributed by atoms with E-state index in [9.17, 15) is 9.59 Å². The first-order valence-electron chi connectivity index (χ1n) is 11.7. The van der Waals surface area contributed by atoms with Crippen LogP contribution in [0.1, 0.15) is 47.7 Å². The molecule has 0 aliphatic carbocycles. The van der Waals surface area contributed by atoms with Crippen molar-refractivity contribution in [2.45, 2.75) is 33.1 Å². The van der Waals surface area contributed by atoms with E-state index in [0.717, 1.165) is 17.5 Å². The quantitative estimate of drug-likeness (QED) is 0.601. The number of hydrogen-bond donors (Lipinski definition) is 1. The fourth-order valence-corrected chi connectivity index (χ4v) is 4.49. The molecule has 3 rings (SSSR count). The number of likely N-dealkylation sites (tertiary alicyclic amines) is 1. The lowest BCUT2D eigenvalue weighted by molar-refractivity contribution is -0.124. The Morgan fingerprint density at radius 3 is 2.24 bits per heavy atom. The molecule has 2 amide bonds. The number of methoxy groups -OCH3 is 3. The summed E-state index contributed by atoms with van der Waals surface area (Å²) in [5, 5.41) is 3.08. The van der Waals surface area contributed by atoms with Crippen LogP contribution in [0.4, 0.5) is 0 Å². The Hall–Kier alpha value is -3.22. The van der Waals surface area contributed by atoms with E-state index in [1.165, 1.54) is 0 Å². The summed E-state index contributed by atoms with van der Waals surface area (Å²) >= 11 is 0. The highest BCUT2D eigenvalue weighted by molar-refractivity contribution is 5.96. The molecule has 2 unspecified atom stereocenters. The number of benzene rings is 2. The Morgan fingerprint density at radius 2 is 1.68 bits per heavy atom. The van der Waals surface area contributed by atoms with Gasteiger partial charge in [-0.15, -0.1) is 0 Å². The van der Waals surface area contributed by atoms with Crippen molar-refractivity contribution in [2.24, 2.45) is 11.8 Å². The van der Waals surface area contributed by atoms with Crippen LogP contribution in [0.2, 0.25) is 0 Å². The molecule has 1 heterocycles. The minimum atomic E-state index is -0.386. The number of hydrogen-bond acceptors (Lipinski definition) is 5. The van der Waals surface area contributed by atoms with Gasteiger partial charge in [0.05, 0.1) is 27.2 Å². The molecule has 0 radical (unpaired) electrons. The molecule has 184 valence electrons. The van der Waals surface area contributed by atoms with Gasteiger partial charge in [-0.2, -0.15) is 0 Å². The average molecular weight is 469 g/mol. The Balaban J connectivity index is 1.95. The van der Waals surface area contributed by atoms with Gasteiger partial charge >= 0.3 is 0 Å². The minimum Gasteiger partial charge on any atom is -0.493 e. The van der Waals surface area contributed by atoms with Crippen molar-refractivity contribution in [1.29, 1.82) is 0 Å². The van der Waals surface area contributed by atoms with Gasteiger partial charge in [0.25, 0.3) is 5.91 Å². The lowest BCUT2D eigenvalue weighted by Gasteiger charge is -2.21. The van der Waals surface area contributed by atoms with Crippen LogP contribution in [-0.2, 0) is 4.79 Å². The maximum Gasteiger partial charge on any atom is 0.254 e. The molecular weight excluding hydrogens is 432 g/mol. The second kappa shape index (κ2) is 11.3. The molecule has 1 fully saturated rings. The van der Waals surface area contributed by atoms with Crippen molar-refractivity contribution in [3.8, 4) is 17.2 Å². The van der Waals surface area contributed by atoms with Gasteiger partial charge < -0.3 is 24.4 Å². The van der Waals surface area contributed by atoms with Gasteiger partial charge in [0, 0.05) is 31.1 Å². The number of amides is 2. The lowest BCUT2D eigenvalue weighted by Crippen LogP contribution is -2.36. The molecule has 2 aromatic carbocycles. The molecule has 7 nitrogen and oxygen atoms in total. The lowest BCUT2D eigenvalue weighted by atomic mass is 9.87. The number of carbonyl (C=O) groups excluding carboxylic acids is 2. The molecule has 0 bridgehead atoms. The van der Waals surface area contributed by atoms with E-state index in [1.54, 1.807) is 26.2 Å². The van der Waals surface area contributed by atoms with Crippen molar-refractivity contribution in [3.05, 3.63) is 53.1 Å².